The molecule has 1 aliphatic rings. The molecule has 31 heavy (non-hydrogen) atoms. The molecule has 0 radical (unpaired) electrons. The van der Waals surface area contributed by atoms with Gasteiger partial charge in [-0.05, 0) is 35.2 Å². The van der Waals surface area contributed by atoms with Gasteiger partial charge >= 0.3 is 0 Å². The van der Waals surface area contributed by atoms with Crippen molar-refractivity contribution in [1.29, 1.82) is 0 Å². The fourth-order valence-corrected chi connectivity index (χ4v) is 4.31. The SMILES string of the molecule is COc1ccc2ccccc2c1CNC(=O)C1CCCN(C(=O)Cc2ccccc2)C1. The Balaban J connectivity index is 1.40. The van der Waals surface area contributed by atoms with Gasteiger partial charge in [-0.15, -0.1) is 0 Å². The Hall–Kier alpha value is -3.34. The average molecular weight is 417 g/mol. The molecule has 160 valence electrons. The van der Waals surface area contributed by atoms with Crippen LogP contribution in [0.15, 0.2) is 66.7 Å². The Bertz CT molecular complexity index is 1060. The van der Waals surface area contributed by atoms with Gasteiger partial charge in [0.05, 0.1) is 19.4 Å². The minimum absolute atomic E-state index is 0.00722. The molecule has 0 aromatic heterocycles. The maximum absolute atomic E-state index is 12.9. The number of rotatable bonds is 6. The van der Waals surface area contributed by atoms with Crippen molar-refractivity contribution in [2.45, 2.75) is 25.8 Å². The molecule has 4 rings (SSSR count). The van der Waals surface area contributed by atoms with Crippen LogP contribution in [-0.2, 0) is 22.6 Å². The molecule has 1 aliphatic heterocycles. The lowest BCUT2D eigenvalue weighted by Crippen LogP contribution is -2.45. The van der Waals surface area contributed by atoms with Crippen LogP contribution < -0.4 is 10.1 Å². The Morgan fingerprint density at radius 3 is 2.61 bits per heavy atom. The highest BCUT2D eigenvalue weighted by molar-refractivity contribution is 5.88. The maximum Gasteiger partial charge on any atom is 0.227 e. The van der Waals surface area contributed by atoms with Gasteiger partial charge < -0.3 is 15.0 Å². The predicted molar refractivity (Wildman–Crippen MR) is 122 cm³/mol. The second-order valence-electron chi connectivity index (χ2n) is 8.03. The van der Waals surface area contributed by atoms with Crippen LogP contribution in [0, 0.1) is 5.92 Å². The molecule has 0 spiro atoms. The molecule has 0 saturated carbocycles. The topological polar surface area (TPSA) is 58.6 Å². The summed E-state index contributed by atoms with van der Waals surface area (Å²) >= 11 is 0. The van der Waals surface area contributed by atoms with Crippen LogP contribution in [0.3, 0.4) is 0 Å². The van der Waals surface area contributed by atoms with Crippen molar-refractivity contribution in [2.75, 3.05) is 20.2 Å². The number of nitrogens with zero attached hydrogens (tertiary/aromatic N) is 1. The van der Waals surface area contributed by atoms with E-state index in [1.54, 1.807) is 7.11 Å². The maximum atomic E-state index is 12.9. The Labute approximate surface area is 183 Å². The molecule has 0 aliphatic carbocycles. The van der Waals surface area contributed by atoms with Crippen molar-refractivity contribution in [3.05, 3.63) is 77.9 Å². The number of amides is 2. The first-order valence-corrected chi connectivity index (χ1v) is 10.8. The van der Waals surface area contributed by atoms with Gasteiger partial charge in [-0.2, -0.15) is 0 Å². The number of ether oxygens (including phenoxy) is 1. The third-order valence-corrected chi connectivity index (χ3v) is 6.00. The quantitative estimate of drug-likeness (QED) is 0.662. The zero-order chi connectivity index (χ0) is 21.6. The Morgan fingerprint density at radius 1 is 1.03 bits per heavy atom. The Kier molecular flexibility index (Phi) is 6.51. The number of hydrogen-bond donors (Lipinski definition) is 1. The van der Waals surface area contributed by atoms with Crippen LogP contribution in [0.2, 0.25) is 0 Å². The van der Waals surface area contributed by atoms with Crippen LogP contribution in [0.4, 0.5) is 0 Å². The highest BCUT2D eigenvalue weighted by atomic mass is 16.5. The van der Waals surface area contributed by atoms with Gasteiger partial charge in [0.2, 0.25) is 11.8 Å². The van der Waals surface area contributed by atoms with E-state index in [2.05, 4.69) is 11.4 Å². The predicted octanol–water partition coefficient (Wildman–Crippen LogP) is 3.95. The number of fused-ring (bicyclic) bond motifs is 1. The summed E-state index contributed by atoms with van der Waals surface area (Å²) in [4.78, 5) is 27.5. The van der Waals surface area contributed by atoms with Gasteiger partial charge in [-0.1, -0.05) is 60.7 Å². The minimum atomic E-state index is -0.186. The largest absolute Gasteiger partial charge is 0.496 e. The molecule has 1 saturated heterocycles. The average Bonchev–Trinajstić information content (AvgIpc) is 2.83. The van der Waals surface area contributed by atoms with Crippen LogP contribution >= 0.6 is 0 Å². The fraction of sp³-hybridized carbons (Fsp3) is 0.308. The standard InChI is InChI=1S/C26H28N2O3/c1-31-24-14-13-20-10-5-6-12-22(20)23(24)17-27-26(30)21-11-7-15-28(18-21)25(29)16-19-8-3-2-4-9-19/h2-6,8-10,12-14,21H,7,11,15-18H2,1H3,(H,27,30). The van der Waals surface area contributed by atoms with E-state index < -0.39 is 0 Å². The van der Waals surface area contributed by atoms with Gasteiger partial charge in [0.25, 0.3) is 0 Å². The highest BCUT2D eigenvalue weighted by Gasteiger charge is 2.28. The zero-order valence-corrected chi connectivity index (χ0v) is 17.8. The van der Waals surface area contributed by atoms with Gasteiger partial charge in [-0.3, -0.25) is 9.59 Å². The van der Waals surface area contributed by atoms with Crippen LogP contribution in [-0.4, -0.2) is 36.9 Å². The molecule has 5 nitrogen and oxygen atoms in total. The normalized spacial score (nSPS) is 16.2. The van der Waals surface area contributed by atoms with E-state index in [1.807, 2.05) is 65.6 Å². The lowest BCUT2D eigenvalue weighted by atomic mass is 9.96. The summed E-state index contributed by atoms with van der Waals surface area (Å²) in [5.41, 5.74) is 1.98. The van der Waals surface area contributed by atoms with Crippen molar-refractivity contribution < 1.29 is 14.3 Å². The summed E-state index contributed by atoms with van der Waals surface area (Å²) in [6.45, 7) is 1.59. The van der Waals surface area contributed by atoms with E-state index in [0.717, 1.165) is 40.5 Å². The second kappa shape index (κ2) is 9.65. The number of likely N-dealkylation sites (tertiary alicyclic amines) is 1. The molecule has 1 heterocycles. The Morgan fingerprint density at radius 2 is 1.81 bits per heavy atom. The van der Waals surface area contributed by atoms with E-state index in [1.165, 1.54) is 0 Å². The monoisotopic (exact) mass is 416 g/mol. The molecular formula is C26H28N2O3. The summed E-state index contributed by atoms with van der Waals surface area (Å²) in [7, 11) is 1.65. The third kappa shape index (κ3) is 4.88. The lowest BCUT2D eigenvalue weighted by Gasteiger charge is -2.32. The smallest absolute Gasteiger partial charge is 0.227 e. The molecule has 3 aromatic carbocycles. The fourth-order valence-electron chi connectivity index (χ4n) is 4.31. The van der Waals surface area contributed by atoms with Crippen molar-refractivity contribution in [2.24, 2.45) is 5.92 Å². The summed E-state index contributed by atoms with van der Waals surface area (Å²) < 4.78 is 5.53. The first-order chi connectivity index (χ1) is 15.2. The molecule has 2 amide bonds. The number of hydrogen-bond acceptors (Lipinski definition) is 3. The molecule has 1 unspecified atom stereocenters. The summed E-state index contributed by atoms with van der Waals surface area (Å²) in [5, 5.41) is 5.28. The molecule has 5 heteroatoms. The summed E-state index contributed by atoms with van der Waals surface area (Å²) in [6.07, 6.45) is 2.02. The number of methoxy groups -OCH3 is 1. The number of carbonyl (C=O) groups is 2. The third-order valence-electron chi connectivity index (χ3n) is 6.00. The summed E-state index contributed by atoms with van der Waals surface area (Å²) in [5.74, 6) is 0.656. The van der Waals surface area contributed by atoms with Gasteiger partial charge in [0, 0.05) is 25.2 Å². The lowest BCUT2D eigenvalue weighted by molar-refractivity contribution is -0.135. The molecular weight excluding hydrogens is 388 g/mol. The van der Waals surface area contributed by atoms with Crippen molar-refractivity contribution in [1.82, 2.24) is 10.2 Å². The van der Waals surface area contributed by atoms with Crippen LogP contribution in [0.1, 0.15) is 24.0 Å². The second-order valence-corrected chi connectivity index (χ2v) is 8.03. The molecule has 0 bridgehead atoms. The van der Waals surface area contributed by atoms with Crippen molar-refractivity contribution in [3.63, 3.8) is 0 Å². The van der Waals surface area contributed by atoms with Gasteiger partial charge in [0.15, 0.2) is 0 Å². The molecule has 3 aromatic rings. The van der Waals surface area contributed by atoms with E-state index in [0.29, 0.717) is 26.1 Å². The number of carbonyl (C=O) groups excluding carboxylic acids is 2. The van der Waals surface area contributed by atoms with Crippen molar-refractivity contribution in [3.8, 4) is 5.75 Å². The van der Waals surface area contributed by atoms with E-state index in [-0.39, 0.29) is 17.7 Å². The van der Waals surface area contributed by atoms with Crippen LogP contribution in [0.5, 0.6) is 5.75 Å². The number of piperidine rings is 1. The molecule has 1 atom stereocenters. The molecule has 1 fully saturated rings. The zero-order valence-electron chi connectivity index (χ0n) is 17.8. The highest BCUT2D eigenvalue weighted by Crippen LogP contribution is 2.28. The van der Waals surface area contributed by atoms with Gasteiger partial charge in [-0.25, -0.2) is 0 Å². The summed E-state index contributed by atoms with van der Waals surface area (Å²) in [6, 6.07) is 21.8. The minimum Gasteiger partial charge on any atom is -0.496 e. The number of nitrogens with one attached hydrogen (secondary N) is 1. The van der Waals surface area contributed by atoms with E-state index in [9.17, 15) is 9.59 Å². The number of benzene rings is 3. The molecule has 1 N–H and O–H groups in total. The van der Waals surface area contributed by atoms with Gasteiger partial charge in [0.1, 0.15) is 5.75 Å². The van der Waals surface area contributed by atoms with Crippen LogP contribution in [0.25, 0.3) is 10.8 Å². The van der Waals surface area contributed by atoms with E-state index in [4.69, 9.17) is 4.74 Å². The van der Waals surface area contributed by atoms with Crippen molar-refractivity contribution >= 4 is 22.6 Å². The first-order valence-electron chi connectivity index (χ1n) is 10.8. The van der Waals surface area contributed by atoms with E-state index >= 15 is 0 Å². The first kappa shape index (κ1) is 20.9.